The van der Waals surface area contributed by atoms with Crippen LogP contribution in [0.5, 0.6) is 0 Å². The summed E-state index contributed by atoms with van der Waals surface area (Å²) in [5, 5.41) is 4.66. The fourth-order valence-corrected chi connectivity index (χ4v) is 1.96. The maximum atomic E-state index is 6.17. The fraction of sp³-hybridized carbons (Fsp3) is 0.846. The van der Waals surface area contributed by atoms with E-state index in [2.05, 4.69) is 24.0 Å². The summed E-state index contributed by atoms with van der Waals surface area (Å²) in [7, 11) is 0. The summed E-state index contributed by atoms with van der Waals surface area (Å²) in [4.78, 5) is 4.48. The Hall–Kier alpha value is -0.550. The minimum atomic E-state index is -0.402. The van der Waals surface area contributed by atoms with Gasteiger partial charge in [0.1, 0.15) is 0 Å². The second kappa shape index (κ2) is 5.61. The van der Waals surface area contributed by atoms with Gasteiger partial charge in [0.2, 0.25) is 5.89 Å². The van der Waals surface area contributed by atoms with Crippen LogP contribution in [0.1, 0.15) is 59.7 Å². The van der Waals surface area contributed by atoms with Crippen molar-refractivity contribution in [3.63, 3.8) is 0 Å². The molecule has 0 aromatic carbocycles. The zero-order chi connectivity index (χ0) is 14.0. The van der Waals surface area contributed by atoms with E-state index in [0.29, 0.717) is 11.1 Å². The summed E-state index contributed by atoms with van der Waals surface area (Å²) >= 11 is 1.84. The lowest BCUT2D eigenvalue weighted by Crippen LogP contribution is -2.50. The second-order valence-corrected chi connectivity index (χ2v) is 7.32. The van der Waals surface area contributed by atoms with Crippen LogP contribution in [0.15, 0.2) is 4.52 Å². The van der Waals surface area contributed by atoms with Gasteiger partial charge >= 0.3 is 0 Å². The predicted molar refractivity (Wildman–Crippen MR) is 76.6 cm³/mol. The van der Waals surface area contributed by atoms with Crippen LogP contribution in [0.4, 0.5) is 0 Å². The quantitative estimate of drug-likeness (QED) is 0.861. The largest absolute Gasteiger partial charge is 0.339 e. The van der Waals surface area contributed by atoms with Crippen molar-refractivity contribution >= 4 is 11.8 Å². The van der Waals surface area contributed by atoms with Gasteiger partial charge in [-0.25, -0.2) is 0 Å². The smallest absolute Gasteiger partial charge is 0.234 e. The number of nitrogens with zero attached hydrogens (tertiary/aromatic N) is 2. The van der Waals surface area contributed by atoms with Crippen LogP contribution < -0.4 is 5.73 Å². The van der Waals surface area contributed by atoms with Gasteiger partial charge in [-0.3, -0.25) is 0 Å². The van der Waals surface area contributed by atoms with Crippen LogP contribution in [0.25, 0.3) is 0 Å². The van der Waals surface area contributed by atoms with Gasteiger partial charge in [0.25, 0.3) is 0 Å². The number of thioether (sulfide) groups is 1. The Bertz CT molecular complexity index is 382. The zero-order valence-corrected chi connectivity index (χ0v) is 13.1. The van der Waals surface area contributed by atoms with E-state index in [1.54, 1.807) is 0 Å². The van der Waals surface area contributed by atoms with E-state index < -0.39 is 5.54 Å². The standard InChI is InChI=1S/C13H25N3OS/c1-7-9(2)18-8-10-15-11(17-16-10)12(3,4)13(5,6)14/h9H,7-8,14H2,1-6H3. The molecule has 0 saturated carbocycles. The third-order valence-corrected chi connectivity index (χ3v) is 5.01. The lowest BCUT2D eigenvalue weighted by Gasteiger charge is -2.34. The van der Waals surface area contributed by atoms with Gasteiger partial charge in [-0.1, -0.05) is 19.0 Å². The first kappa shape index (κ1) is 15.5. The van der Waals surface area contributed by atoms with E-state index in [1.807, 2.05) is 39.5 Å². The Labute approximate surface area is 114 Å². The van der Waals surface area contributed by atoms with Crippen molar-refractivity contribution in [1.29, 1.82) is 0 Å². The van der Waals surface area contributed by atoms with Gasteiger partial charge in [0.05, 0.1) is 11.2 Å². The Kier molecular flexibility index (Phi) is 4.84. The molecule has 1 heterocycles. The lowest BCUT2D eigenvalue weighted by molar-refractivity contribution is 0.222. The van der Waals surface area contributed by atoms with E-state index in [-0.39, 0.29) is 5.41 Å². The molecule has 2 N–H and O–H groups in total. The molecule has 0 aliphatic rings. The highest BCUT2D eigenvalue weighted by atomic mass is 32.2. The number of rotatable bonds is 6. The number of hydrogen-bond acceptors (Lipinski definition) is 5. The average Bonchev–Trinajstić information content (AvgIpc) is 2.73. The maximum absolute atomic E-state index is 6.17. The van der Waals surface area contributed by atoms with Crippen molar-refractivity contribution in [2.75, 3.05) is 0 Å². The highest BCUT2D eigenvalue weighted by Crippen LogP contribution is 2.32. The SMILES string of the molecule is CCC(C)SCc1noc(C(C)(C)C(C)(C)N)n1. The zero-order valence-electron chi connectivity index (χ0n) is 12.3. The molecule has 18 heavy (non-hydrogen) atoms. The number of hydrogen-bond donors (Lipinski definition) is 1. The molecule has 104 valence electrons. The molecule has 1 atom stereocenters. The summed E-state index contributed by atoms with van der Waals surface area (Å²) < 4.78 is 5.37. The molecule has 1 aromatic heterocycles. The molecule has 0 spiro atoms. The highest BCUT2D eigenvalue weighted by molar-refractivity contribution is 7.99. The minimum Gasteiger partial charge on any atom is -0.339 e. The molecule has 0 radical (unpaired) electrons. The second-order valence-electron chi connectivity index (χ2n) is 5.89. The van der Waals surface area contributed by atoms with Crippen LogP contribution >= 0.6 is 11.8 Å². The van der Waals surface area contributed by atoms with E-state index in [1.165, 1.54) is 0 Å². The topological polar surface area (TPSA) is 64.9 Å². The molecule has 4 nitrogen and oxygen atoms in total. The van der Waals surface area contributed by atoms with E-state index in [9.17, 15) is 0 Å². The van der Waals surface area contributed by atoms with Crippen LogP contribution in [0, 0.1) is 0 Å². The predicted octanol–water partition coefficient (Wildman–Crippen LogP) is 3.12. The molecule has 1 rings (SSSR count). The highest BCUT2D eigenvalue weighted by Gasteiger charge is 2.40. The van der Waals surface area contributed by atoms with Crippen molar-refractivity contribution < 1.29 is 4.52 Å². The monoisotopic (exact) mass is 271 g/mol. The molecule has 0 amide bonds. The number of aromatic nitrogens is 2. The molecule has 1 unspecified atom stereocenters. The third-order valence-electron chi connectivity index (χ3n) is 3.69. The fourth-order valence-electron chi connectivity index (χ4n) is 1.18. The van der Waals surface area contributed by atoms with Crippen molar-refractivity contribution in [3.05, 3.63) is 11.7 Å². The van der Waals surface area contributed by atoms with Gasteiger partial charge in [0.15, 0.2) is 5.82 Å². The summed E-state index contributed by atoms with van der Waals surface area (Å²) in [5.74, 6) is 2.17. The molecule has 0 aliphatic carbocycles. The molecule has 5 heteroatoms. The number of nitrogens with two attached hydrogens (primary N) is 1. The van der Waals surface area contributed by atoms with E-state index in [4.69, 9.17) is 10.3 Å². The Morgan fingerprint density at radius 2 is 1.94 bits per heavy atom. The molecule has 0 fully saturated rings. The maximum Gasteiger partial charge on any atom is 0.234 e. The van der Waals surface area contributed by atoms with Crippen molar-refractivity contribution in [3.8, 4) is 0 Å². The van der Waals surface area contributed by atoms with E-state index in [0.717, 1.165) is 18.0 Å². The summed E-state index contributed by atoms with van der Waals surface area (Å²) in [6.45, 7) is 12.4. The Balaban J connectivity index is 2.75. The van der Waals surface area contributed by atoms with Crippen LogP contribution in [-0.4, -0.2) is 20.9 Å². The first-order valence-corrected chi connectivity index (χ1v) is 7.47. The van der Waals surface area contributed by atoms with Gasteiger partial charge < -0.3 is 10.3 Å². The molecule has 0 saturated heterocycles. The van der Waals surface area contributed by atoms with Gasteiger partial charge in [-0.05, 0) is 34.1 Å². The van der Waals surface area contributed by atoms with E-state index >= 15 is 0 Å². The van der Waals surface area contributed by atoms with Crippen LogP contribution in [0.2, 0.25) is 0 Å². The summed E-state index contributed by atoms with van der Waals surface area (Å²) in [6, 6.07) is 0. The summed E-state index contributed by atoms with van der Waals surface area (Å²) in [6.07, 6.45) is 1.15. The Morgan fingerprint density at radius 3 is 2.44 bits per heavy atom. The van der Waals surface area contributed by atoms with Gasteiger partial charge in [-0.15, -0.1) is 0 Å². The summed E-state index contributed by atoms with van der Waals surface area (Å²) in [5.41, 5.74) is 5.43. The first-order valence-electron chi connectivity index (χ1n) is 6.42. The first-order chi connectivity index (χ1) is 8.18. The average molecular weight is 271 g/mol. The van der Waals surface area contributed by atoms with Crippen molar-refractivity contribution in [1.82, 2.24) is 10.1 Å². The van der Waals surface area contributed by atoms with Gasteiger partial charge in [0, 0.05) is 10.8 Å². The molecule has 0 aliphatic heterocycles. The van der Waals surface area contributed by atoms with Gasteiger partial charge in [-0.2, -0.15) is 16.7 Å². The van der Waals surface area contributed by atoms with Crippen molar-refractivity contribution in [2.24, 2.45) is 5.73 Å². The molecule has 1 aromatic rings. The Morgan fingerprint density at radius 1 is 1.33 bits per heavy atom. The molecule has 0 bridgehead atoms. The molecular formula is C13H25N3OS. The minimum absolute atomic E-state index is 0.334. The third kappa shape index (κ3) is 3.48. The molecular weight excluding hydrogens is 246 g/mol. The van der Waals surface area contributed by atoms with Crippen LogP contribution in [0.3, 0.4) is 0 Å². The van der Waals surface area contributed by atoms with Crippen LogP contribution in [-0.2, 0) is 11.2 Å². The normalized spacial score (nSPS) is 14.8. The lowest BCUT2D eigenvalue weighted by atomic mass is 9.75. The van der Waals surface area contributed by atoms with Crippen molar-refractivity contribution in [2.45, 2.75) is 69.9 Å².